The van der Waals surface area contributed by atoms with Gasteiger partial charge in [0.2, 0.25) is 0 Å². The number of fused-ring (bicyclic) bond motifs is 2. The zero-order valence-corrected chi connectivity index (χ0v) is 47.3. The molecule has 85 heavy (non-hydrogen) atoms. The lowest BCUT2D eigenvalue weighted by Gasteiger charge is -2.46. The summed E-state index contributed by atoms with van der Waals surface area (Å²) < 4.78 is 62.0. The molecule has 0 spiro atoms. The second-order valence-electron chi connectivity index (χ2n) is 21.0. The molecule has 5 atom stereocenters. The average Bonchev–Trinajstić information content (AvgIpc) is 2.26. The van der Waals surface area contributed by atoms with Gasteiger partial charge in [0, 0.05) is 45.9 Å². The van der Waals surface area contributed by atoms with Crippen molar-refractivity contribution in [3.63, 3.8) is 0 Å². The predicted molar refractivity (Wildman–Crippen MR) is 324 cm³/mol. The van der Waals surface area contributed by atoms with Gasteiger partial charge >= 0.3 is 0 Å². The molecular formula is C71H65N3O11. The van der Waals surface area contributed by atoms with Crippen molar-refractivity contribution in [1.82, 2.24) is 14.5 Å². The maximum Gasteiger partial charge on any atom is 0.264 e. The van der Waals surface area contributed by atoms with E-state index < -0.39 is 42.5 Å². The Morgan fingerprint density at radius 1 is 0.471 bits per heavy atom. The molecule has 12 rings (SSSR count). The fourth-order valence-electron chi connectivity index (χ4n) is 11.1. The molecule has 0 radical (unpaired) electrons. The van der Waals surface area contributed by atoms with E-state index in [-0.39, 0.29) is 57.5 Å². The quantitative estimate of drug-likeness (QED) is 0.0547. The molecule has 2 aliphatic rings. The van der Waals surface area contributed by atoms with Crippen LogP contribution in [-0.2, 0) is 77.7 Å². The van der Waals surface area contributed by atoms with E-state index in [0.717, 1.165) is 38.3 Å². The van der Waals surface area contributed by atoms with Crippen LogP contribution in [0.4, 0.5) is 0 Å². The van der Waals surface area contributed by atoms with Crippen LogP contribution in [0.3, 0.4) is 0 Å². The van der Waals surface area contributed by atoms with Gasteiger partial charge in [0.1, 0.15) is 43.5 Å². The highest BCUT2D eigenvalue weighted by Gasteiger charge is 2.50. The molecule has 10 aromatic rings. The van der Waals surface area contributed by atoms with Crippen LogP contribution >= 0.6 is 0 Å². The van der Waals surface area contributed by atoms with Gasteiger partial charge in [0.05, 0.1) is 70.5 Å². The molecule has 2 amide bonds. The first-order valence-electron chi connectivity index (χ1n) is 28.4. The van der Waals surface area contributed by atoms with Crippen molar-refractivity contribution in [3.8, 4) is 17.2 Å². The third kappa shape index (κ3) is 12.7. The minimum absolute atomic E-state index is 0.111. The molecule has 8 aromatic carbocycles. The zero-order valence-electron chi connectivity index (χ0n) is 47.3. The van der Waals surface area contributed by atoms with E-state index in [0.29, 0.717) is 56.8 Å². The number of aromatic amines is 1. The minimum Gasteiger partial charge on any atom is -0.493 e. The molecule has 0 saturated carbocycles. The van der Waals surface area contributed by atoms with Gasteiger partial charge in [0.25, 0.3) is 11.8 Å². The number of nitrogens with one attached hydrogen (secondary N) is 1. The number of imide groups is 1. The Bertz CT molecular complexity index is 3880. The van der Waals surface area contributed by atoms with E-state index in [4.69, 9.17) is 42.6 Å². The van der Waals surface area contributed by atoms with Gasteiger partial charge in [-0.1, -0.05) is 182 Å². The molecule has 14 heteroatoms. The van der Waals surface area contributed by atoms with E-state index in [2.05, 4.69) is 4.98 Å². The first-order valence-corrected chi connectivity index (χ1v) is 28.4. The van der Waals surface area contributed by atoms with E-state index in [9.17, 15) is 0 Å². The molecule has 2 aromatic heterocycles. The minimum atomic E-state index is -0.967. The number of carbonyl (C=O) groups is 2. The number of methoxy groups -OCH3 is 2. The number of rotatable bonds is 25. The van der Waals surface area contributed by atoms with Crippen molar-refractivity contribution in [2.45, 2.75) is 70.3 Å². The van der Waals surface area contributed by atoms with Crippen LogP contribution < -0.4 is 14.2 Å². The maximum atomic E-state index is 15.7. The van der Waals surface area contributed by atoms with Gasteiger partial charge in [-0.05, 0) is 57.6 Å². The highest BCUT2D eigenvalue weighted by molar-refractivity contribution is 6.50. The van der Waals surface area contributed by atoms with Crippen molar-refractivity contribution in [2.24, 2.45) is 0 Å². The largest absolute Gasteiger partial charge is 0.493 e. The summed E-state index contributed by atoms with van der Waals surface area (Å²) in [5.74, 6) is 0.385. The summed E-state index contributed by atoms with van der Waals surface area (Å²) in [6, 6.07) is 68.9. The zero-order chi connectivity index (χ0) is 57.9. The number of ether oxygens (including phenoxy) is 9. The number of hydrogen-bond donors (Lipinski definition) is 1. The highest BCUT2D eigenvalue weighted by atomic mass is 16.6. The SMILES string of the molecule is COc1cc2[nH]cc(C3=C(c4cn(C5OC(COCc6ccccc6)C(OCc6ccccc6)C(OCc6ccccc6)C5OCc5ccccc5)c5ccc(OCc6ccccc6)cc45)C(=O)N(COCc4ccccc4)C3=O)c2cc1OC. The van der Waals surface area contributed by atoms with Crippen molar-refractivity contribution in [2.75, 3.05) is 27.6 Å². The third-order valence-electron chi connectivity index (χ3n) is 15.4. The van der Waals surface area contributed by atoms with E-state index in [1.165, 1.54) is 0 Å². The Labute approximate surface area is 493 Å². The lowest BCUT2D eigenvalue weighted by molar-refractivity contribution is -0.289. The molecule has 430 valence electrons. The Hall–Kier alpha value is -9.12. The molecule has 0 aliphatic carbocycles. The molecular weight excluding hydrogens is 1070 g/mol. The van der Waals surface area contributed by atoms with Crippen LogP contribution in [0.2, 0.25) is 0 Å². The van der Waals surface area contributed by atoms with Crippen LogP contribution in [0.5, 0.6) is 17.2 Å². The molecule has 2 aliphatic heterocycles. The van der Waals surface area contributed by atoms with Crippen LogP contribution in [-0.4, -0.2) is 78.2 Å². The first-order chi connectivity index (χ1) is 41.9. The highest BCUT2D eigenvalue weighted by Crippen LogP contribution is 2.46. The van der Waals surface area contributed by atoms with Crippen LogP contribution in [0.15, 0.2) is 225 Å². The van der Waals surface area contributed by atoms with Gasteiger partial charge in [-0.3, -0.25) is 9.59 Å². The lowest BCUT2D eigenvalue weighted by Crippen LogP contribution is -2.59. The van der Waals surface area contributed by atoms with Crippen molar-refractivity contribution in [3.05, 3.63) is 269 Å². The van der Waals surface area contributed by atoms with Crippen molar-refractivity contribution >= 4 is 44.8 Å². The normalized spacial score (nSPS) is 18.0. The monoisotopic (exact) mass is 1140 g/mol. The van der Waals surface area contributed by atoms with E-state index in [1.54, 1.807) is 20.4 Å². The molecule has 14 nitrogen and oxygen atoms in total. The van der Waals surface area contributed by atoms with Gasteiger partial charge in [-0.2, -0.15) is 0 Å². The first kappa shape index (κ1) is 56.4. The van der Waals surface area contributed by atoms with Gasteiger partial charge < -0.3 is 52.2 Å². The summed E-state index contributed by atoms with van der Waals surface area (Å²) >= 11 is 0. The fourth-order valence-corrected chi connectivity index (χ4v) is 11.1. The Morgan fingerprint density at radius 3 is 1.48 bits per heavy atom. The van der Waals surface area contributed by atoms with Crippen LogP contribution in [0.25, 0.3) is 33.0 Å². The molecule has 4 heterocycles. The molecule has 1 saturated heterocycles. The average molecular weight is 1140 g/mol. The Balaban J connectivity index is 1.04. The van der Waals surface area contributed by atoms with Gasteiger partial charge in [-0.15, -0.1) is 0 Å². The number of amides is 2. The summed E-state index contributed by atoms with van der Waals surface area (Å²) in [7, 11) is 3.12. The smallest absolute Gasteiger partial charge is 0.264 e. The number of H-pyrrole nitrogens is 1. The van der Waals surface area contributed by atoms with Gasteiger partial charge in [-0.25, -0.2) is 4.90 Å². The number of hydrogen-bond acceptors (Lipinski definition) is 11. The molecule has 0 bridgehead atoms. The number of benzene rings is 8. The second-order valence-corrected chi connectivity index (χ2v) is 21.0. The molecule has 5 unspecified atom stereocenters. The summed E-state index contributed by atoms with van der Waals surface area (Å²) in [6.45, 7) is 1.21. The summed E-state index contributed by atoms with van der Waals surface area (Å²) in [4.78, 5) is 35.7. The number of nitrogens with zero attached hydrogens (tertiary/aromatic N) is 2. The third-order valence-corrected chi connectivity index (χ3v) is 15.4. The van der Waals surface area contributed by atoms with Crippen molar-refractivity contribution < 1.29 is 52.2 Å². The van der Waals surface area contributed by atoms with Crippen LogP contribution in [0, 0.1) is 0 Å². The predicted octanol–water partition coefficient (Wildman–Crippen LogP) is 13.0. The number of carbonyl (C=O) groups excluding carboxylic acids is 2. The topological polar surface area (TPSA) is 141 Å². The Kier molecular flexibility index (Phi) is 17.7. The van der Waals surface area contributed by atoms with E-state index >= 15 is 9.59 Å². The summed E-state index contributed by atoms with van der Waals surface area (Å²) in [5.41, 5.74) is 8.27. The standard InChI is InChI=1S/C71H65N3O11/c1-77-61-36-55-57(38-72-59(55)37-62(61)78-2)64-65(70(76)74(69(64)75)47-80-41-49-23-11-4-12-24-49)58-39-73(60-34-33-54(35-56(58)60)81-42-50-25-13-5-14-26-50)71-68(84-45-53-31-19-8-20-32-53)67(83-44-52-29-17-7-18-30-52)66(82-43-51-27-15-6-16-28-51)63(85-71)46-79-40-48-21-9-3-10-22-48/h3-39,63,66-68,71-72H,40-47H2,1-2H3. The summed E-state index contributed by atoms with van der Waals surface area (Å²) in [6.07, 6.45) is -0.472. The van der Waals surface area contributed by atoms with Crippen LogP contribution in [0.1, 0.15) is 50.7 Å². The lowest BCUT2D eigenvalue weighted by atomic mass is 9.95. The van der Waals surface area contributed by atoms with Gasteiger partial charge in [0.15, 0.2) is 17.7 Å². The van der Waals surface area contributed by atoms with Crippen molar-refractivity contribution in [1.29, 1.82) is 0 Å². The number of aromatic nitrogens is 2. The maximum absolute atomic E-state index is 15.7. The molecule has 1 N–H and O–H groups in total. The molecule has 1 fully saturated rings. The second kappa shape index (κ2) is 26.6. The Morgan fingerprint density at radius 2 is 0.941 bits per heavy atom. The summed E-state index contributed by atoms with van der Waals surface area (Å²) in [5, 5.41) is 1.24. The van der Waals surface area contributed by atoms with E-state index in [1.807, 2.05) is 223 Å². The fraction of sp³-hybridized carbons (Fsp3) is 0.211.